The lowest BCUT2D eigenvalue weighted by Crippen LogP contribution is -2.43. The second-order valence-corrected chi connectivity index (χ2v) is 6.91. The number of hydrogen-bond acceptors (Lipinski definition) is 6. The van der Waals surface area contributed by atoms with Crippen molar-refractivity contribution in [3.63, 3.8) is 0 Å². The number of ketones is 1. The van der Waals surface area contributed by atoms with E-state index in [-0.39, 0.29) is 28.6 Å². The summed E-state index contributed by atoms with van der Waals surface area (Å²) >= 11 is 0. The van der Waals surface area contributed by atoms with Crippen LogP contribution >= 0.6 is 0 Å². The molecule has 31 heavy (non-hydrogen) atoms. The summed E-state index contributed by atoms with van der Waals surface area (Å²) in [5, 5.41) is 12.1. The molecule has 1 atom stereocenters. The fourth-order valence-corrected chi connectivity index (χ4v) is 3.12. The fraction of sp³-hybridized carbons (Fsp3) is 0.217. The van der Waals surface area contributed by atoms with Crippen LogP contribution in [0, 0.1) is 18.3 Å². The summed E-state index contributed by atoms with van der Waals surface area (Å²) in [5.74, 6) is -1.28. The van der Waals surface area contributed by atoms with E-state index in [2.05, 4.69) is 5.32 Å². The number of hydrogen-bond donors (Lipinski definition) is 1. The van der Waals surface area contributed by atoms with Crippen molar-refractivity contribution >= 4 is 17.7 Å². The van der Waals surface area contributed by atoms with Crippen molar-refractivity contribution < 1.29 is 23.5 Å². The predicted molar refractivity (Wildman–Crippen MR) is 111 cm³/mol. The van der Waals surface area contributed by atoms with E-state index in [4.69, 9.17) is 9.15 Å². The van der Waals surface area contributed by atoms with E-state index in [9.17, 15) is 19.6 Å². The molecule has 0 aliphatic heterocycles. The highest BCUT2D eigenvalue weighted by Gasteiger charge is 2.26. The van der Waals surface area contributed by atoms with Crippen LogP contribution in [-0.4, -0.2) is 34.9 Å². The van der Waals surface area contributed by atoms with Crippen LogP contribution in [0.5, 0.6) is 0 Å². The molecule has 1 aromatic carbocycles. The molecule has 0 unspecified atom stereocenters. The quantitative estimate of drug-likeness (QED) is 0.562. The van der Waals surface area contributed by atoms with E-state index in [0.717, 1.165) is 5.56 Å². The molecule has 0 saturated carbocycles. The van der Waals surface area contributed by atoms with E-state index in [1.165, 1.54) is 13.8 Å². The largest absolute Gasteiger partial charge is 0.452 e. The Bertz CT molecular complexity index is 1120. The van der Waals surface area contributed by atoms with Gasteiger partial charge in [-0.25, -0.2) is 4.79 Å². The number of amides is 1. The van der Waals surface area contributed by atoms with Crippen LogP contribution in [0.4, 0.5) is 0 Å². The van der Waals surface area contributed by atoms with Crippen molar-refractivity contribution in [1.29, 1.82) is 5.26 Å². The normalized spacial score (nSPS) is 11.4. The first-order valence-corrected chi connectivity index (χ1v) is 9.58. The van der Waals surface area contributed by atoms with Gasteiger partial charge in [-0.05, 0) is 38.0 Å². The average molecular weight is 419 g/mol. The van der Waals surface area contributed by atoms with Gasteiger partial charge < -0.3 is 14.5 Å². The van der Waals surface area contributed by atoms with E-state index >= 15 is 0 Å². The molecule has 0 fully saturated rings. The molecule has 2 heterocycles. The minimum absolute atomic E-state index is 0.0183. The van der Waals surface area contributed by atoms with Gasteiger partial charge in [-0.1, -0.05) is 30.3 Å². The van der Waals surface area contributed by atoms with Crippen molar-refractivity contribution in [2.75, 3.05) is 6.61 Å². The first-order chi connectivity index (χ1) is 14.9. The molecular formula is C23H21N3O5. The van der Waals surface area contributed by atoms with Crippen molar-refractivity contribution in [3.05, 3.63) is 77.3 Å². The van der Waals surface area contributed by atoms with Crippen LogP contribution in [0.1, 0.15) is 34.2 Å². The number of aromatic nitrogens is 1. The lowest BCUT2D eigenvalue weighted by atomic mass is 10.0. The van der Waals surface area contributed by atoms with Gasteiger partial charge in [-0.15, -0.1) is 0 Å². The number of nitriles is 1. The van der Waals surface area contributed by atoms with Gasteiger partial charge in [0.25, 0.3) is 5.91 Å². The number of furan rings is 1. The Hall–Kier alpha value is -4.12. The number of Topliss-reactive ketones (excluding diaryl/α,β-unsaturated/α-hetero) is 1. The highest BCUT2D eigenvalue weighted by atomic mass is 16.5. The summed E-state index contributed by atoms with van der Waals surface area (Å²) in [6.45, 7) is 2.33. The third kappa shape index (κ3) is 5.08. The zero-order valence-electron chi connectivity index (χ0n) is 17.1. The van der Waals surface area contributed by atoms with Gasteiger partial charge in [-0.3, -0.25) is 14.2 Å². The maximum Gasteiger partial charge on any atom is 0.343 e. The van der Waals surface area contributed by atoms with Crippen molar-refractivity contribution in [2.24, 2.45) is 0 Å². The predicted octanol–water partition coefficient (Wildman–Crippen LogP) is 2.72. The Morgan fingerprint density at radius 2 is 1.84 bits per heavy atom. The molecule has 3 rings (SSSR count). The van der Waals surface area contributed by atoms with Crippen LogP contribution in [0.2, 0.25) is 0 Å². The fourth-order valence-electron chi connectivity index (χ4n) is 3.12. The highest BCUT2D eigenvalue weighted by Crippen LogP contribution is 2.26. The lowest BCUT2D eigenvalue weighted by molar-refractivity contribution is -0.128. The van der Waals surface area contributed by atoms with Crippen molar-refractivity contribution in [2.45, 2.75) is 26.3 Å². The van der Waals surface area contributed by atoms with Crippen LogP contribution in [0.25, 0.3) is 5.88 Å². The molecule has 0 saturated heterocycles. The molecule has 0 bridgehead atoms. The first kappa shape index (κ1) is 21.6. The number of nitrogens with zero attached hydrogens (tertiary/aromatic N) is 2. The molecule has 8 heteroatoms. The second kappa shape index (κ2) is 9.59. The number of aryl methyl sites for hydroxylation is 1. The van der Waals surface area contributed by atoms with Crippen LogP contribution in [0.15, 0.2) is 59.3 Å². The van der Waals surface area contributed by atoms with Crippen molar-refractivity contribution in [1.82, 2.24) is 9.88 Å². The minimum Gasteiger partial charge on any atom is -0.452 e. The van der Waals surface area contributed by atoms with Gasteiger partial charge >= 0.3 is 5.97 Å². The zero-order chi connectivity index (χ0) is 22.4. The number of carbonyl (C=O) groups is 3. The van der Waals surface area contributed by atoms with Gasteiger partial charge in [0, 0.05) is 12.4 Å². The SMILES string of the molecule is CC(=O)[C@H](Cc1ccccc1)NC(=O)COC(=O)c1c(C)oc(-n2cccc2)c1C#N. The van der Waals surface area contributed by atoms with Gasteiger partial charge in [0.2, 0.25) is 5.88 Å². The van der Waals surface area contributed by atoms with Gasteiger partial charge in [0.05, 0.1) is 6.04 Å². The van der Waals surface area contributed by atoms with Crippen molar-refractivity contribution in [3.8, 4) is 12.0 Å². The van der Waals surface area contributed by atoms with Gasteiger partial charge in [-0.2, -0.15) is 5.26 Å². The summed E-state index contributed by atoms with van der Waals surface area (Å²) in [4.78, 5) is 36.7. The number of ether oxygens (including phenoxy) is 1. The molecule has 158 valence electrons. The molecule has 0 aliphatic rings. The molecule has 8 nitrogen and oxygen atoms in total. The Labute approximate surface area is 179 Å². The standard InChI is InChI=1S/C23H21N3O5/c1-15(27)19(12-17-8-4-3-5-9-17)25-20(28)14-30-23(29)21-16(2)31-22(18(21)13-24)26-10-6-7-11-26/h3-11,19H,12,14H2,1-2H3,(H,25,28)/t19-/m0/s1. The number of carbonyl (C=O) groups excluding carboxylic acids is 3. The number of benzene rings is 1. The Balaban J connectivity index is 1.66. The van der Waals surface area contributed by atoms with Crippen LogP contribution < -0.4 is 5.32 Å². The molecular weight excluding hydrogens is 398 g/mol. The number of rotatable bonds is 8. The molecule has 2 aromatic heterocycles. The number of esters is 1. The van der Waals surface area contributed by atoms with Crippen LogP contribution in [0.3, 0.4) is 0 Å². The lowest BCUT2D eigenvalue weighted by Gasteiger charge is -2.16. The first-order valence-electron chi connectivity index (χ1n) is 9.58. The third-order valence-corrected chi connectivity index (χ3v) is 4.66. The summed E-state index contributed by atoms with van der Waals surface area (Å²) < 4.78 is 12.2. The zero-order valence-corrected chi connectivity index (χ0v) is 17.1. The maximum atomic E-state index is 12.6. The summed E-state index contributed by atoms with van der Waals surface area (Å²) in [7, 11) is 0. The smallest absolute Gasteiger partial charge is 0.343 e. The Morgan fingerprint density at radius 3 is 2.45 bits per heavy atom. The Morgan fingerprint density at radius 1 is 1.16 bits per heavy atom. The molecule has 0 radical (unpaired) electrons. The third-order valence-electron chi connectivity index (χ3n) is 4.66. The average Bonchev–Trinajstić information content (AvgIpc) is 3.39. The summed E-state index contributed by atoms with van der Waals surface area (Å²) in [6.07, 6.45) is 3.68. The molecule has 0 aliphatic carbocycles. The van der Waals surface area contributed by atoms with E-state index in [1.54, 1.807) is 29.1 Å². The second-order valence-electron chi connectivity index (χ2n) is 6.91. The van der Waals surface area contributed by atoms with E-state index in [1.807, 2.05) is 36.4 Å². The molecule has 1 N–H and O–H groups in total. The van der Waals surface area contributed by atoms with Gasteiger partial charge in [0.1, 0.15) is 23.0 Å². The maximum absolute atomic E-state index is 12.6. The highest BCUT2D eigenvalue weighted by molar-refractivity contribution is 5.96. The molecule has 0 spiro atoms. The van der Waals surface area contributed by atoms with E-state index < -0.39 is 24.5 Å². The molecule has 1 amide bonds. The molecule has 3 aromatic rings. The van der Waals surface area contributed by atoms with E-state index in [0.29, 0.717) is 6.42 Å². The summed E-state index contributed by atoms with van der Waals surface area (Å²) in [6, 6.07) is 14.0. The van der Waals surface area contributed by atoms with Gasteiger partial charge in [0.15, 0.2) is 12.4 Å². The summed E-state index contributed by atoms with van der Waals surface area (Å²) in [5.41, 5.74) is 0.876. The monoisotopic (exact) mass is 419 g/mol. The van der Waals surface area contributed by atoms with Crippen LogP contribution in [-0.2, 0) is 20.7 Å². The minimum atomic E-state index is -0.853. The topological polar surface area (TPSA) is 114 Å². The Kier molecular flexibility index (Phi) is 6.67. The number of nitrogens with one attached hydrogen (secondary N) is 1.